The molecule has 1 heterocycles. The van der Waals surface area contributed by atoms with E-state index in [-0.39, 0.29) is 0 Å². The summed E-state index contributed by atoms with van der Waals surface area (Å²) >= 11 is 6.23. The quantitative estimate of drug-likeness (QED) is 0.855. The van der Waals surface area contributed by atoms with Crippen LogP contribution in [0.4, 0.5) is 5.69 Å². The van der Waals surface area contributed by atoms with Crippen molar-refractivity contribution in [1.82, 2.24) is 4.98 Å². The Hall–Kier alpha value is -1.28. The molecule has 0 spiro atoms. The van der Waals surface area contributed by atoms with Gasteiger partial charge in [-0.25, -0.2) is 0 Å². The molecule has 0 unspecified atom stereocenters. The molecule has 3 heteroatoms. The topological polar surface area (TPSA) is 24.9 Å². The van der Waals surface area contributed by atoms with Crippen LogP contribution in [0.25, 0.3) is 10.9 Å². The van der Waals surface area contributed by atoms with Crippen LogP contribution in [0.2, 0.25) is 5.02 Å². The number of pyridine rings is 1. The van der Waals surface area contributed by atoms with Gasteiger partial charge in [0.05, 0.1) is 10.5 Å². The summed E-state index contributed by atoms with van der Waals surface area (Å²) in [5.74, 6) is 0. The van der Waals surface area contributed by atoms with E-state index in [0.29, 0.717) is 0 Å². The van der Waals surface area contributed by atoms with E-state index in [1.807, 2.05) is 20.0 Å². The molecule has 2 aromatic rings. The first-order valence-electron chi connectivity index (χ1n) is 5.43. The number of aryl methyl sites for hydroxylation is 2. The van der Waals surface area contributed by atoms with Crippen molar-refractivity contribution in [1.29, 1.82) is 0 Å². The van der Waals surface area contributed by atoms with Gasteiger partial charge in [-0.3, -0.25) is 4.98 Å². The lowest BCUT2D eigenvalue weighted by molar-refractivity contribution is 1.06. The van der Waals surface area contributed by atoms with E-state index in [9.17, 15) is 0 Å². The molecule has 84 valence electrons. The molecule has 0 saturated carbocycles. The number of nitrogens with one attached hydrogen (secondary N) is 1. The molecule has 0 aliphatic heterocycles. The second kappa shape index (κ2) is 4.30. The van der Waals surface area contributed by atoms with Crippen LogP contribution in [0.5, 0.6) is 0 Å². The number of rotatable bonds is 2. The molecule has 0 radical (unpaired) electrons. The van der Waals surface area contributed by atoms with Gasteiger partial charge in [0.2, 0.25) is 0 Å². The van der Waals surface area contributed by atoms with Gasteiger partial charge in [0.15, 0.2) is 0 Å². The third-order valence-electron chi connectivity index (χ3n) is 2.70. The molecule has 16 heavy (non-hydrogen) atoms. The molecule has 0 aliphatic carbocycles. The number of halogens is 1. The summed E-state index contributed by atoms with van der Waals surface area (Å²) in [4.78, 5) is 4.57. The largest absolute Gasteiger partial charge is 0.388 e. The Bertz CT molecular complexity index is 535. The van der Waals surface area contributed by atoms with Crippen molar-refractivity contribution < 1.29 is 0 Å². The minimum atomic E-state index is 0.724. The average Bonchev–Trinajstić information content (AvgIpc) is 2.28. The number of hydrogen-bond donors (Lipinski definition) is 1. The van der Waals surface area contributed by atoms with E-state index in [0.717, 1.165) is 39.3 Å². The molecule has 0 bridgehead atoms. The van der Waals surface area contributed by atoms with E-state index in [4.69, 9.17) is 11.6 Å². The summed E-state index contributed by atoms with van der Waals surface area (Å²) < 4.78 is 0. The monoisotopic (exact) mass is 234 g/mol. The fourth-order valence-corrected chi connectivity index (χ4v) is 2.18. The van der Waals surface area contributed by atoms with Crippen LogP contribution < -0.4 is 5.32 Å². The maximum absolute atomic E-state index is 6.23. The molecule has 1 aromatic carbocycles. The highest BCUT2D eigenvalue weighted by atomic mass is 35.5. The lowest BCUT2D eigenvalue weighted by Crippen LogP contribution is -1.96. The number of anilines is 1. The van der Waals surface area contributed by atoms with Crippen LogP contribution in [-0.4, -0.2) is 12.0 Å². The lowest BCUT2D eigenvalue weighted by atomic mass is 10.1. The van der Waals surface area contributed by atoms with Crippen molar-refractivity contribution in [2.75, 3.05) is 12.4 Å². The zero-order valence-electron chi connectivity index (χ0n) is 9.76. The predicted octanol–water partition coefficient (Wildman–Crippen LogP) is 3.80. The summed E-state index contributed by atoms with van der Waals surface area (Å²) in [6, 6.07) is 6.15. The SMILES string of the molecule is CCc1cc(NC)c2cc(C)cc(Cl)c2n1. The average molecular weight is 235 g/mol. The van der Waals surface area contributed by atoms with Crippen LogP contribution in [0.3, 0.4) is 0 Å². The van der Waals surface area contributed by atoms with Gasteiger partial charge < -0.3 is 5.32 Å². The Morgan fingerprint density at radius 2 is 2.06 bits per heavy atom. The van der Waals surface area contributed by atoms with Crippen molar-refractivity contribution in [2.45, 2.75) is 20.3 Å². The highest BCUT2D eigenvalue weighted by Crippen LogP contribution is 2.29. The third kappa shape index (κ3) is 1.85. The Kier molecular flexibility index (Phi) is 3.01. The normalized spacial score (nSPS) is 10.8. The first-order chi connectivity index (χ1) is 7.65. The number of aromatic nitrogens is 1. The van der Waals surface area contributed by atoms with Gasteiger partial charge >= 0.3 is 0 Å². The van der Waals surface area contributed by atoms with Gasteiger partial charge in [-0.15, -0.1) is 0 Å². The molecule has 0 aliphatic rings. The van der Waals surface area contributed by atoms with Gasteiger partial charge in [-0.05, 0) is 37.1 Å². The van der Waals surface area contributed by atoms with Crippen LogP contribution >= 0.6 is 11.6 Å². The zero-order chi connectivity index (χ0) is 11.7. The van der Waals surface area contributed by atoms with E-state index >= 15 is 0 Å². The summed E-state index contributed by atoms with van der Waals surface area (Å²) in [6.45, 7) is 4.13. The number of hydrogen-bond acceptors (Lipinski definition) is 2. The molecule has 2 nitrogen and oxygen atoms in total. The lowest BCUT2D eigenvalue weighted by Gasteiger charge is -2.10. The second-order valence-corrected chi connectivity index (χ2v) is 4.31. The van der Waals surface area contributed by atoms with Gasteiger partial charge in [0.25, 0.3) is 0 Å². The minimum absolute atomic E-state index is 0.724. The van der Waals surface area contributed by atoms with Crippen molar-refractivity contribution in [3.05, 3.63) is 34.5 Å². The predicted molar refractivity (Wildman–Crippen MR) is 70.4 cm³/mol. The molecule has 0 atom stereocenters. The Morgan fingerprint density at radius 1 is 1.31 bits per heavy atom. The smallest absolute Gasteiger partial charge is 0.0912 e. The molecule has 0 amide bonds. The van der Waals surface area contributed by atoms with Crippen molar-refractivity contribution in [3.8, 4) is 0 Å². The van der Waals surface area contributed by atoms with Crippen molar-refractivity contribution in [2.24, 2.45) is 0 Å². The van der Waals surface area contributed by atoms with E-state index in [2.05, 4.69) is 29.4 Å². The summed E-state index contributed by atoms with van der Waals surface area (Å²) in [6.07, 6.45) is 0.912. The molecule has 1 aromatic heterocycles. The van der Waals surface area contributed by atoms with Crippen LogP contribution in [0.1, 0.15) is 18.2 Å². The molecule has 2 rings (SSSR count). The van der Waals surface area contributed by atoms with Gasteiger partial charge in [-0.2, -0.15) is 0 Å². The maximum Gasteiger partial charge on any atom is 0.0912 e. The van der Waals surface area contributed by atoms with Crippen molar-refractivity contribution in [3.63, 3.8) is 0 Å². The summed E-state index contributed by atoms with van der Waals surface area (Å²) in [7, 11) is 1.92. The highest BCUT2D eigenvalue weighted by Gasteiger charge is 2.07. The van der Waals surface area contributed by atoms with Crippen LogP contribution in [0.15, 0.2) is 18.2 Å². The van der Waals surface area contributed by atoms with Gasteiger partial charge in [-0.1, -0.05) is 18.5 Å². The van der Waals surface area contributed by atoms with E-state index < -0.39 is 0 Å². The highest BCUT2D eigenvalue weighted by molar-refractivity contribution is 6.35. The maximum atomic E-state index is 6.23. The Labute approximate surface area is 101 Å². The Balaban J connectivity index is 2.83. The number of fused-ring (bicyclic) bond motifs is 1. The molecule has 0 saturated heterocycles. The van der Waals surface area contributed by atoms with Gasteiger partial charge in [0, 0.05) is 23.8 Å². The fourth-order valence-electron chi connectivity index (χ4n) is 1.86. The first kappa shape index (κ1) is 11.2. The van der Waals surface area contributed by atoms with Crippen LogP contribution in [0, 0.1) is 6.92 Å². The van der Waals surface area contributed by atoms with Gasteiger partial charge in [0.1, 0.15) is 0 Å². The second-order valence-electron chi connectivity index (χ2n) is 3.91. The van der Waals surface area contributed by atoms with E-state index in [1.54, 1.807) is 0 Å². The molecule has 0 fully saturated rings. The van der Waals surface area contributed by atoms with Crippen LogP contribution in [-0.2, 0) is 6.42 Å². The van der Waals surface area contributed by atoms with Crippen molar-refractivity contribution >= 4 is 28.2 Å². The standard InChI is InChI=1S/C13H15ClN2/c1-4-9-7-12(15-3)10-5-8(2)6-11(14)13(10)16-9/h5-7H,4H2,1-3H3,(H,15,16). The molecular weight excluding hydrogens is 220 g/mol. The molecule has 1 N–H and O–H groups in total. The zero-order valence-corrected chi connectivity index (χ0v) is 10.5. The third-order valence-corrected chi connectivity index (χ3v) is 2.98. The number of nitrogens with zero attached hydrogens (tertiary/aromatic N) is 1. The summed E-state index contributed by atoms with van der Waals surface area (Å²) in [5.41, 5.74) is 4.19. The fraction of sp³-hybridized carbons (Fsp3) is 0.308. The Morgan fingerprint density at radius 3 is 2.69 bits per heavy atom. The number of benzene rings is 1. The van der Waals surface area contributed by atoms with E-state index in [1.165, 1.54) is 0 Å². The minimum Gasteiger partial charge on any atom is -0.388 e. The summed E-state index contributed by atoms with van der Waals surface area (Å²) in [5, 5.41) is 5.01. The first-order valence-corrected chi connectivity index (χ1v) is 5.81. The molecular formula is C13H15ClN2.